The van der Waals surface area contributed by atoms with Gasteiger partial charge in [-0.1, -0.05) is 0 Å². The highest BCUT2D eigenvalue weighted by molar-refractivity contribution is 14.1. The summed E-state index contributed by atoms with van der Waals surface area (Å²) < 4.78 is 4.30. The lowest BCUT2D eigenvalue weighted by molar-refractivity contribution is 0.778. The second-order valence-electron chi connectivity index (χ2n) is 2.56. The second-order valence-corrected chi connectivity index (χ2v) is 4.60. The number of aromatic amines is 1. The molecule has 0 fully saturated rings. The van der Waals surface area contributed by atoms with Crippen LogP contribution in [-0.4, -0.2) is 19.7 Å². The van der Waals surface area contributed by atoms with Crippen molar-refractivity contribution in [1.82, 2.24) is 19.7 Å². The quantitative estimate of drug-likeness (QED) is 0.783. The number of aromatic nitrogens is 4. The summed E-state index contributed by atoms with van der Waals surface area (Å²) in [5.41, 5.74) is 1.16. The van der Waals surface area contributed by atoms with Gasteiger partial charge in [0.15, 0.2) is 0 Å². The van der Waals surface area contributed by atoms with Crippen LogP contribution in [0.25, 0.3) is 0 Å². The fourth-order valence-corrected chi connectivity index (χ4v) is 1.88. The molecule has 2 aromatic rings. The lowest BCUT2D eigenvalue weighted by atomic mass is 10.4. The van der Waals surface area contributed by atoms with Crippen LogP contribution in [-0.2, 0) is 6.54 Å². The molecule has 2 rings (SSSR count). The van der Waals surface area contributed by atoms with Crippen molar-refractivity contribution in [2.45, 2.75) is 6.54 Å². The first-order valence-electron chi connectivity index (χ1n) is 3.61. The number of nitrogens with one attached hydrogen (secondary N) is 1. The van der Waals surface area contributed by atoms with Gasteiger partial charge >= 0.3 is 0 Å². The standard InChI is InChI=1S/C7H6I2N4/c8-6-7(9)13(4-10-6)3-5-1-11-12-2-5/h1-2,4H,3H2,(H,11,12). The van der Waals surface area contributed by atoms with Gasteiger partial charge in [0, 0.05) is 11.8 Å². The van der Waals surface area contributed by atoms with E-state index >= 15 is 0 Å². The van der Waals surface area contributed by atoms with Gasteiger partial charge < -0.3 is 4.57 Å². The molecule has 1 N–H and O–H groups in total. The van der Waals surface area contributed by atoms with Crippen molar-refractivity contribution in [3.05, 3.63) is 31.7 Å². The number of hydrogen-bond acceptors (Lipinski definition) is 2. The zero-order chi connectivity index (χ0) is 9.26. The van der Waals surface area contributed by atoms with E-state index in [1.54, 1.807) is 0 Å². The Labute approximate surface area is 102 Å². The third-order valence-corrected chi connectivity index (χ3v) is 4.59. The molecule has 6 heteroatoms. The normalized spacial score (nSPS) is 10.6. The molecular weight excluding hydrogens is 394 g/mol. The van der Waals surface area contributed by atoms with Gasteiger partial charge in [-0.2, -0.15) is 5.10 Å². The van der Waals surface area contributed by atoms with Crippen molar-refractivity contribution < 1.29 is 0 Å². The third-order valence-electron chi connectivity index (χ3n) is 1.64. The van der Waals surface area contributed by atoms with Crippen LogP contribution in [0.1, 0.15) is 5.56 Å². The van der Waals surface area contributed by atoms with Crippen molar-refractivity contribution in [3.8, 4) is 0 Å². The Bertz CT molecular complexity index is 393. The molecule has 0 radical (unpaired) electrons. The molecule has 0 aliphatic carbocycles. The molecule has 4 nitrogen and oxygen atoms in total. The van der Waals surface area contributed by atoms with E-state index in [2.05, 4.69) is 64.9 Å². The number of H-pyrrole nitrogens is 1. The van der Waals surface area contributed by atoms with Crippen LogP contribution < -0.4 is 0 Å². The van der Waals surface area contributed by atoms with E-state index in [0.717, 1.165) is 15.8 Å². The Morgan fingerprint density at radius 3 is 2.85 bits per heavy atom. The van der Waals surface area contributed by atoms with Crippen LogP contribution in [0, 0.1) is 7.40 Å². The van der Waals surface area contributed by atoms with Gasteiger partial charge in [0.25, 0.3) is 0 Å². The number of rotatable bonds is 2. The summed E-state index contributed by atoms with van der Waals surface area (Å²) in [4.78, 5) is 4.21. The molecule has 0 atom stereocenters. The summed E-state index contributed by atoms with van der Waals surface area (Å²) in [5.74, 6) is 0. The highest BCUT2D eigenvalue weighted by Crippen LogP contribution is 2.14. The topological polar surface area (TPSA) is 46.5 Å². The molecule has 0 unspecified atom stereocenters. The minimum Gasteiger partial charge on any atom is -0.321 e. The van der Waals surface area contributed by atoms with Gasteiger partial charge in [-0.3, -0.25) is 5.10 Å². The van der Waals surface area contributed by atoms with Gasteiger partial charge in [-0.25, -0.2) is 4.98 Å². The van der Waals surface area contributed by atoms with Crippen molar-refractivity contribution in [2.24, 2.45) is 0 Å². The maximum atomic E-state index is 4.21. The first kappa shape index (κ1) is 9.44. The molecule has 0 aliphatic rings. The fraction of sp³-hybridized carbons (Fsp3) is 0.143. The Morgan fingerprint density at radius 2 is 2.31 bits per heavy atom. The summed E-state index contributed by atoms with van der Waals surface area (Å²) in [7, 11) is 0. The van der Waals surface area contributed by atoms with Gasteiger partial charge in [0.05, 0.1) is 19.1 Å². The summed E-state index contributed by atoms with van der Waals surface area (Å²) >= 11 is 4.51. The highest BCUT2D eigenvalue weighted by atomic mass is 127. The first-order chi connectivity index (χ1) is 6.27. The molecule has 0 aromatic carbocycles. The molecule has 2 heterocycles. The molecule has 0 bridgehead atoms. The number of nitrogens with zero attached hydrogens (tertiary/aromatic N) is 3. The molecule has 0 saturated carbocycles. The maximum absolute atomic E-state index is 4.21. The smallest absolute Gasteiger partial charge is 0.132 e. The lowest BCUT2D eigenvalue weighted by Crippen LogP contribution is -1.99. The summed E-state index contributed by atoms with van der Waals surface area (Å²) in [5, 5.41) is 6.68. The van der Waals surface area contributed by atoms with E-state index in [4.69, 9.17) is 0 Å². The molecule has 0 spiro atoms. The Kier molecular flexibility index (Phi) is 2.86. The number of imidazole rings is 1. The Hall–Kier alpha value is -0.120. The largest absolute Gasteiger partial charge is 0.321 e. The van der Waals surface area contributed by atoms with E-state index < -0.39 is 0 Å². The van der Waals surface area contributed by atoms with Crippen LogP contribution in [0.4, 0.5) is 0 Å². The van der Waals surface area contributed by atoms with Crippen molar-refractivity contribution in [1.29, 1.82) is 0 Å². The molecule has 68 valence electrons. The highest BCUT2D eigenvalue weighted by Gasteiger charge is 2.05. The Morgan fingerprint density at radius 1 is 1.46 bits per heavy atom. The van der Waals surface area contributed by atoms with Crippen LogP contribution in [0.5, 0.6) is 0 Å². The molecule has 0 aliphatic heterocycles. The summed E-state index contributed by atoms with van der Waals surface area (Å²) in [6.07, 6.45) is 5.56. The average Bonchev–Trinajstić information content (AvgIpc) is 2.71. The zero-order valence-electron chi connectivity index (χ0n) is 6.54. The predicted octanol–water partition coefficient (Wildman–Crippen LogP) is 1.86. The molecule has 13 heavy (non-hydrogen) atoms. The SMILES string of the molecule is Ic1ncn(Cc2cn[nH]c2)c1I. The van der Waals surface area contributed by atoms with E-state index in [1.165, 1.54) is 3.70 Å². The van der Waals surface area contributed by atoms with Crippen molar-refractivity contribution in [2.75, 3.05) is 0 Å². The van der Waals surface area contributed by atoms with Crippen LogP contribution in [0.2, 0.25) is 0 Å². The predicted molar refractivity (Wildman–Crippen MR) is 65.4 cm³/mol. The number of hydrogen-bond donors (Lipinski definition) is 1. The van der Waals surface area contributed by atoms with Crippen LogP contribution in [0.3, 0.4) is 0 Å². The van der Waals surface area contributed by atoms with Gasteiger partial charge in [-0.05, 0) is 45.2 Å². The van der Waals surface area contributed by atoms with Crippen molar-refractivity contribution in [3.63, 3.8) is 0 Å². The molecule has 0 amide bonds. The van der Waals surface area contributed by atoms with E-state index in [9.17, 15) is 0 Å². The molecule has 2 aromatic heterocycles. The van der Waals surface area contributed by atoms with E-state index in [-0.39, 0.29) is 0 Å². The minimum atomic E-state index is 0.824. The fourth-order valence-electron chi connectivity index (χ4n) is 1.01. The minimum absolute atomic E-state index is 0.824. The van der Waals surface area contributed by atoms with E-state index in [0.29, 0.717) is 0 Å². The number of halogens is 2. The summed E-state index contributed by atoms with van der Waals surface area (Å²) in [6.45, 7) is 0.824. The van der Waals surface area contributed by atoms with Gasteiger partial charge in [0.1, 0.15) is 7.40 Å². The maximum Gasteiger partial charge on any atom is 0.132 e. The molecular formula is C7H6I2N4. The Balaban J connectivity index is 2.24. The third kappa shape index (κ3) is 2.03. The lowest BCUT2D eigenvalue weighted by Gasteiger charge is -2.00. The summed E-state index contributed by atoms with van der Waals surface area (Å²) in [6, 6.07) is 0. The first-order valence-corrected chi connectivity index (χ1v) is 5.77. The van der Waals surface area contributed by atoms with E-state index in [1.807, 2.05) is 18.7 Å². The second kappa shape index (κ2) is 3.95. The average molecular weight is 400 g/mol. The monoisotopic (exact) mass is 400 g/mol. The van der Waals surface area contributed by atoms with Crippen LogP contribution in [0.15, 0.2) is 18.7 Å². The van der Waals surface area contributed by atoms with Gasteiger partial charge in [0.2, 0.25) is 0 Å². The molecule has 0 saturated heterocycles. The van der Waals surface area contributed by atoms with Crippen LogP contribution >= 0.6 is 45.2 Å². The van der Waals surface area contributed by atoms with Gasteiger partial charge in [-0.15, -0.1) is 0 Å². The zero-order valence-corrected chi connectivity index (χ0v) is 10.9. The van der Waals surface area contributed by atoms with Crippen molar-refractivity contribution >= 4 is 45.2 Å².